The van der Waals surface area contributed by atoms with Crippen LogP contribution in [0.2, 0.25) is 0 Å². The molecule has 2 atom stereocenters. The Hall–Kier alpha value is 0.0700. The van der Waals surface area contributed by atoms with E-state index < -0.39 is 13.6 Å². The highest BCUT2D eigenvalue weighted by Crippen LogP contribution is 2.35. The van der Waals surface area contributed by atoms with E-state index in [-0.39, 0.29) is 6.16 Å². The van der Waals surface area contributed by atoms with Gasteiger partial charge in [-0.2, -0.15) is 0 Å². The van der Waals surface area contributed by atoms with Gasteiger partial charge in [0.15, 0.2) is 7.37 Å². The van der Waals surface area contributed by atoms with Crippen molar-refractivity contribution in [1.29, 1.82) is 0 Å². The van der Waals surface area contributed by atoms with Crippen LogP contribution in [-0.2, 0) is 14.3 Å². The minimum absolute atomic E-state index is 0.150. The van der Waals surface area contributed by atoms with Crippen molar-refractivity contribution in [1.82, 2.24) is 0 Å². The summed E-state index contributed by atoms with van der Waals surface area (Å²) >= 11 is 0. The van der Waals surface area contributed by atoms with Crippen LogP contribution < -0.4 is 5.73 Å². The zero-order valence-electron chi connectivity index (χ0n) is 6.69. The molecule has 0 aromatic heterocycles. The Labute approximate surface area is 65.9 Å². The SMILES string of the molecule is COO[C@H](N)CCP(C)(=O)O. The van der Waals surface area contributed by atoms with Crippen LogP contribution in [0.1, 0.15) is 6.42 Å². The summed E-state index contributed by atoms with van der Waals surface area (Å²) in [5, 5.41) is 0. The molecule has 1 unspecified atom stereocenters. The zero-order valence-corrected chi connectivity index (χ0v) is 7.58. The molecule has 0 rings (SSSR count). The first-order chi connectivity index (χ1) is 4.95. The monoisotopic (exact) mass is 183 g/mol. The topological polar surface area (TPSA) is 81.8 Å². The molecule has 0 aliphatic rings. The lowest BCUT2D eigenvalue weighted by Crippen LogP contribution is -2.24. The molecule has 3 N–H and O–H groups in total. The second kappa shape index (κ2) is 4.85. The minimum atomic E-state index is -2.96. The summed E-state index contributed by atoms with van der Waals surface area (Å²) in [7, 11) is -1.62. The van der Waals surface area contributed by atoms with Crippen molar-refractivity contribution in [3.05, 3.63) is 0 Å². The van der Waals surface area contributed by atoms with E-state index >= 15 is 0 Å². The first kappa shape index (κ1) is 11.1. The maximum Gasteiger partial charge on any atom is 0.197 e. The fraction of sp³-hybridized carbons (Fsp3) is 1.00. The quantitative estimate of drug-likeness (QED) is 0.274. The molecule has 0 aliphatic heterocycles. The number of hydrogen-bond donors (Lipinski definition) is 2. The summed E-state index contributed by atoms with van der Waals surface area (Å²) in [6.07, 6.45) is -0.157. The van der Waals surface area contributed by atoms with E-state index in [1.54, 1.807) is 0 Å². The van der Waals surface area contributed by atoms with E-state index in [0.717, 1.165) is 0 Å². The molecule has 0 saturated heterocycles. The lowest BCUT2D eigenvalue weighted by molar-refractivity contribution is -0.303. The Bertz CT molecular complexity index is 145. The van der Waals surface area contributed by atoms with Gasteiger partial charge in [-0.1, -0.05) is 0 Å². The van der Waals surface area contributed by atoms with E-state index in [9.17, 15) is 4.57 Å². The Morgan fingerprint density at radius 1 is 1.73 bits per heavy atom. The van der Waals surface area contributed by atoms with E-state index in [2.05, 4.69) is 9.78 Å². The summed E-state index contributed by atoms with van der Waals surface area (Å²) in [6, 6.07) is 0. The molecule has 0 fully saturated rings. The third-order valence-electron chi connectivity index (χ3n) is 1.05. The van der Waals surface area contributed by atoms with Crippen molar-refractivity contribution in [2.45, 2.75) is 12.6 Å². The van der Waals surface area contributed by atoms with Crippen LogP contribution in [0, 0.1) is 0 Å². The standard InChI is InChI=1S/C5H14NO4P/c1-9-10-5(6)3-4-11(2,7)8/h5H,3-4,6H2,1-2H3,(H,7,8)/t5-/m0/s1. The van der Waals surface area contributed by atoms with Crippen LogP contribution in [0.25, 0.3) is 0 Å². The van der Waals surface area contributed by atoms with Crippen LogP contribution in [0.4, 0.5) is 0 Å². The molecule has 0 radical (unpaired) electrons. The van der Waals surface area contributed by atoms with Gasteiger partial charge in [0.1, 0.15) is 6.23 Å². The predicted molar refractivity (Wildman–Crippen MR) is 41.3 cm³/mol. The lowest BCUT2D eigenvalue weighted by atomic mass is 10.4. The molecule has 0 aromatic rings. The van der Waals surface area contributed by atoms with Crippen LogP contribution in [0.5, 0.6) is 0 Å². The maximum atomic E-state index is 10.7. The highest BCUT2D eigenvalue weighted by atomic mass is 31.2. The zero-order chi connectivity index (χ0) is 8.91. The minimum Gasteiger partial charge on any atom is -0.344 e. The summed E-state index contributed by atoms with van der Waals surface area (Å²) < 4.78 is 10.7. The molecular formula is C5H14NO4P. The highest BCUT2D eigenvalue weighted by molar-refractivity contribution is 7.57. The van der Waals surface area contributed by atoms with Crippen LogP contribution in [0.3, 0.4) is 0 Å². The Morgan fingerprint density at radius 3 is 2.64 bits per heavy atom. The molecule has 0 amide bonds. The Balaban J connectivity index is 3.46. The fourth-order valence-electron chi connectivity index (χ4n) is 0.538. The van der Waals surface area contributed by atoms with Gasteiger partial charge in [-0.25, -0.2) is 9.78 Å². The second-order valence-electron chi connectivity index (χ2n) is 2.36. The largest absolute Gasteiger partial charge is 0.344 e. The van der Waals surface area contributed by atoms with E-state index in [4.69, 9.17) is 10.6 Å². The Kier molecular flexibility index (Phi) is 4.88. The van der Waals surface area contributed by atoms with Gasteiger partial charge >= 0.3 is 0 Å². The van der Waals surface area contributed by atoms with E-state index in [1.807, 2.05) is 0 Å². The van der Waals surface area contributed by atoms with Crippen molar-refractivity contribution in [2.75, 3.05) is 19.9 Å². The number of hydrogen-bond acceptors (Lipinski definition) is 4. The molecule has 6 heteroatoms. The molecule has 11 heavy (non-hydrogen) atoms. The molecule has 0 spiro atoms. The third kappa shape index (κ3) is 7.97. The number of nitrogens with two attached hydrogens (primary N) is 1. The van der Waals surface area contributed by atoms with Gasteiger partial charge in [-0.05, 0) is 6.42 Å². The second-order valence-corrected chi connectivity index (χ2v) is 4.91. The summed E-state index contributed by atoms with van der Waals surface area (Å²) in [4.78, 5) is 17.6. The molecule has 0 aliphatic carbocycles. The average molecular weight is 183 g/mol. The van der Waals surface area contributed by atoms with Crippen molar-refractivity contribution in [3.8, 4) is 0 Å². The van der Waals surface area contributed by atoms with Crippen molar-refractivity contribution in [3.63, 3.8) is 0 Å². The average Bonchev–Trinajstić information content (AvgIpc) is 1.83. The lowest BCUT2D eigenvalue weighted by Gasteiger charge is -2.10. The molecule has 0 heterocycles. The van der Waals surface area contributed by atoms with E-state index in [0.29, 0.717) is 6.42 Å². The van der Waals surface area contributed by atoms with Crippen LogP contribution >= 0.6 is 7.37 Å². The van der Waals surface area contributed by atoms with Gasteiger partial charge in [0.05, 0.1) is 7.11 Å². The molecule has 0 bridgehead atoms. The summed E-state index contributed by atoms with van der Waals surface area (Å²) in [5.41, 5.74) is 5.31. The first-order valence-electron chi connectivity index (χ1n) is 3.20. The smallest absolute Gasteiger partial charge is 0.197 e. The molecule has 5 nitrogen and oxygen atoms in total. The molecule has 0 aromatic carbocycles. The van der Waals surface area contributed by atoms with Gasteiger partial charge < -0.3 is 10.6 Å². The van der Waals surface area contributed by atoms with Crippen molar-refractivity contribution >= 4 is 7.37 Å². The van der Waals surface area contributed by atoms with Gasteiger partial charge in [0, 0.05) is 12.8 Å². The van der Waals surface area contributed by atoms with Gasteiger partial charge in [0.2, 0.25) is 0 Å². The van der Waals surface area contributed by atoms with Gasteiger partial charge in [-0.15, -0.1) is 0 Å². The van der Waals surface area contributed by atoms with Crippen LogP contribution in [0.15, 0.2) is 0 Å². The summed E-state index contributed by atoms with van der Waals surface area (Å²) in [6.45, 7) is 1.28. The molecular weight excluding hydrogens is 169 g/mol. The normalized spacial score (nSPS) is 19.3. The van der Waals surface area contributed by atoms with Crippen molar-refractivity contribution in [2.24, 2.45) is 5.73 Å². The number of rotatable bonds is 5. The van der Waals surface area contributed by atoms with Crippen molar-refractivity contribution < 1.29 is 19.2 Å². The predicted octanol–water partition coefficient (Wildman–Crippen LogP) is 0.139. The maximum absolute atomic E-state index is 10.7. The van der Waals surface area contributed by atoms with Crippen LogP contribution in [-0.4, -0.2) is 31.1 Å². The van der Waals surface area contributed by atoms with Gasteiger partial charge in [0.25, 0.3) is 0 Å². The Morgan fingerprint density at radius 2 is 2.27 bits per heavy atom. The fourth-order valence-corrected chi connectivity index (χ4v) is 1.27. The highest BCUT2D eigenvalue weighted by Gasteiger charge is 2.12. The van der Waals surface area contributed by atoms with Gasteiger partial charge in [-0.3, -0.25) is 4.57 Å². The first-order valence-corrected chi connectivity index (χ1v) is 5.49. The molecule has 68 valence electrons. The third-order valence-corrected chi connectivity index (χ3v) is 2.14. The van der Waals surface area contributed by atoms with E-state index in [1.165, 1.54) is 13.8 Å². The molecule has 0 saturated carbocycles. The summed E-state index contributed by atoms with van der Waals surface area (Å²) in [5.74, 6) is 0.